The highest BCUT2D eigenvalue weighted by Gasteiger charge is 2.24. The predicted octanol–water partition coefficient (Wildman–Crippen LogP) is 3.46. The Morgan fingerprint density at radius 3 is 2.76 bits per heavy atom. The lowest BCUT2D eigenvalue weighted by Gasteiger charge is -2.16. The molecule has 1 fully saturated rings. The van der Waals surface area contributed by atoms with Gasteiger partial charge in [-0.15, -0.1) is 0 Å². The Balaban J connectivity index is 1.83. The number of H-pyrrole nitrogens is 1. The van der Waals surface area contributed by atoms with Crippen LogP contribution in [0.25, 0.3) is 22.2 Å². The highest BCUT2D eigenvalue weighted by atomic mass is 16.5. The van der Waals surface area contributed by atoms with Crippen molar-refractivity contribution in [1.82, 2.24) is 15.5 Å². The van der Waals surface area contributed by atoms with Crippen molar-refractivity contribution in [1.29, 1.82) is 5.26 Å². The average molecular weight is 389 g/mol. The fraction of sp³-hybridized carbons (Fsp3) is 0.318. The Morgan fingerprint density at radius 1 is 1.31 bits per heavy atom. The smallest absolute Gasteiger partial charge is 0.251 e. The third-order valence-electron chi connectivity index (χ3n) is 4.97. The Kier molecular flexibility index (Phi) is 4.85. The van der Waals surface area contributed by atoms with Gasteiger partial charge >= 0.3 is 0 Å². The number of ether oxygens (including phenoxy) is 1. The van der Waals surface area contributed by atoms with Crippen molar-refractivity contribution < 1.29 is 9.53 Å². The van der Waals surface area contributed by atoms with E-state index in [-0.39, 0.29) is 5.91 Å². The monoisotopic (exact) mass is 389 g/mol. The molecule has 3 aromatic rings. The fourth-order valence-electron chi connectivity index (χ4n) is 3.26. The summed E-state index contributed by atoms with van der Waals surface area (Å²) in [5, 5.41) is 20.8. The van der Waals surface area contributed by atoms with E-state index in [1.165, 1.54) is 0 Å². The van der Waals surface area contributed by atoms with E-state index in [4.69, 9.17) is 4.74 Å². The van der Waals surface area contributed by atoms with Gasteiger partial charge in [0.2, 0.25) is 0 Å². The molecule has 2 N–H and O–H groups in total. The summed E-state index contributed by atoms with van der Waals surface area (Å²) in [7, 11) is 3.88. The van der Waals surface area contributed by atoms with E-state index in [9.17, 15) is 10.1 Å². The number of nitrogens with one attached hydrogen (secondary N) is 2. The molecule has 1 amide bonds. The van der Waals surface area contributed by atoms with Gasteiger partial charge in [0.1, 0.15) is 17.5 Å². The number of nitrogens with zero attached hydrogens (tertiary/aromatic N) is 3. The van der Waals surface area contributed by atoms with Gasteiger partial charge in [-0.05, 0) is 50.1 Å². The zero-order valence-electron chi connectivity index (χ0n) is 16.7. The number of aromatic nitrogens is 2. The molecule has 2 aromatic carbocycles. The number of carbonyl (C=O) groups is 1. The van der Waals surface area contributed by atoms with Crippen molar-refractivity contribution in [2.24, 2.45) is 0 Å². The van der Waals surface area contributed by atoms with Crippen LogP contribution in [0.5, 0.6) is 5.75 Å². The first-order chi connectivity index (χ1) is 14.0. The van der Waals surface area contributed by atoms with Gasteiger partial charge in [0.25, 0.3) is 5.91 Å². The lowest BCUT2D eigenvalue weighted by molar-refractivity contribution is 0.0951. The fourth-order valence-corrected chi connectivity index (χ4v) is 3.26. The molecule has 1 saturated carbocycles. The van der Waals surface area contributed by atoms with E-state index in [0.29, 0.717) is 29.5 Å². The molecule has 0 saturated heterocycles. The first-order valence-electron chi connectivity index (χ1n) is 9.68. The molecule has 0 spiro atoms. The maximum Gasteiger partial charge on any atom is 0.251 e. The van der Waals surface area contributed by atoms with E-state index in [1.807, 2.05) is 50.2 Å². The van der Waals surface area contributed by atoms with E-state index in [2.05, 4.69) is 21.6 Å². The summed E-state index contributed by atoms with van der Waals surface area (Å²) < 4.78 is 5.63. The molecular formula is C22H23N5O2. The second-order valence-electron chi connectivity index (χ2n) is 7.42. The SMILES string of the molecule is CCOc1cc2c(-c3cc(C(=O)NC4CC4)cc(N(C)C)c3)n[nH]c2cc1C#N. The molecule has 1 aliphatic carbocycles. The number of amides is 1. The Labute approximate surface area is 169 Å². The van der Waals surface area contributed by atoms with Crippen molar-refractivity contribution in [2.45, 2.75) is 25.8 Å². The third-order valence-corrected chi connectivity index (χ3v) is 4.97. The van der Waals surface area contributed by atoms with E-state index in [0.717, 1.165) is 40.7 Å². The van der Waals surface area contributed by atoms with Gasteiger partial charge < -0.3 is 15.0 Å². The van der Waals surface area contributed by atoms with Crippen molar-refractivity contribution in [2.75, 3.05) is 25.6 Å². The number of benzene rings is 2. The Morgan fingerprint density at radius 2 is 2.10 bits per heavy atom. The molecule has 1 heterocycles. The molecule has 148 valence electrons. The number of nitriles is 1. The van der Waals surface area contributed by atoms with Crippen LogP contribution in [-0.2, 0) is 0 Å². The second kappa shape index (κ2) is 7.47. The molecule has 29 heavy (non-hydrogen) atoms. The molecule has 7 nitrogen and oxygen atoms in total. The molecule has 0 radical (unpaired) electrons. The number of rotatable bonds is 6. The number of fused-ring (bicyclic) bond motifs is 1. The number of hydrogen-bond donors (Lipinski definition) is 2. The van der Waals surface area contributed by atoms with E-state index >= 15 is 0 Å². The van der Waals surface area contributed by atoms with Crippen molar-refractivity contribution in [3.05, 3.63) is 41.5 Å². The first kappa shape index (κ1) is 18.8. The molecule has 4 rings (SSSR count). The minimum Gasteiger partial charge on any atom is -0.492 e. The summed E-state index contributed by atoms with van der Waals surface area (Å²) in [6.07, 6.45) is 2.08. The summed E-state index contributed by atoms with van der Waals surface area (Å²) >= 11 is 0. The number of carbonyl (C=O) groups excluding carboxylic acids is 1. The molecule has 1 aliphatic rings. The molecule has 0 aliphatic heterocycles. The lowest BCUT2D eigenvalue weighted by atomic mass is 10.0. The van der Waals surface area contributed by atoms with Gasteiger partial charge in [-0.1, -0.05) is 0 Å². The topological polar surface area (TPSA) is 94.0 Å². The molecule has 0 unspecified atom stereocenters. The van der Waals surface area contributed by atoms with Gasteiger partial charge in [-0.25, -0.2) is 0 Å². The first-order valence-corrected chi connectivity index (χ1v) is 9.68. The maximum atomic E-state index is 12.7. The van der Waals surface area contributed by atoms with Crippen LogP contribution < -0.4 is 15.0 Å². The Hall–Kier alpha value is -3.53. The molecular weight excluding hydrogens is 366 g/mol. The zero-order chi connectivity index (χ0) is 20.5. The highest BCUT2D eigenvalue weighted by molar-refractivity contribution is 6.00. The largest absolute Gasteiger partial charge is 0.492 e. The summed E-state index contributed by atoms with van der Waals surface area (Å²) in [5.74, 6) is 0.458. The van der Waals surface area contributed by atoms with Crippen molar-refractivity contribution in [3.8, 4) is 23.1 Å². The predicted molar refractivity (Wildman–Crippen MR) is 112 cm³/mol. The quantitative estimate of drug-likeness (QED) is 0.673. The summed E-state index contributed by atoms with van der Waals surface area (Å²) in [6.45, 7) is 2.35. The molecule has 0 bridgehead atoms. The van der Waals surface area contributed by atoms with Gasteiger partial charge in [-0.2, -0.15) is 10.4 Å². The van der Waals surface area contributed by atoms with Crippen LogP contribution in [-0.4, -0.2) is 42.8 Å². The minimum atomic E-state index is -0.0703. The van der Waals surface area contributed by atoms with Crippen LogP contribution in [0.3, 0.4) is 0 Å². The molecule has 0 atom stereocenters. The summed E-state index contributed by atoms with van der Waals surface area (Å²) in [4.78, 5) is 14.6. The standard InChI is InChI=1S/C22H23N5O2/c1-4-29-20-11-18-19(10-15(20)12-23)25-26-21(18)13-7-14(9-17(8-13)27(2)3)22(28)24-16-5-6-16/h7-11,16H,4-6H2,1-3H3,(H,24,28)(H,25,26). The van der Waals surface area contributed by atoms with Crippen LogP contribution in [0.1, 0.15) is 35.7 Å². The molecule has 7 heteroatoms. The summed E-state index contributed by atoms with van der Waals surface area (Å²) in [5.41, 5.74) is 4.27. The zero-order valence-corrected chi connectivity index (χ0v) is 16.7. The van der Waals surface area contributed by atoms with Gasteiger partial charge in [-0.3, -0.25) is 9.89 Å². The van der Waals surface area contributed by atoms with Crippen LogP contribution in [0.2, 0.25) is 0 Å². The highest BCUT2D eigenvalue weighted by Crippen LogP contribution is 2.34. The van der Waals surface area contributed by atoms with Gasteiger partial charge in [0, 0.05) is 42.3 Å². The van der Waals surface area contributed by atoms with Crippen LogP contribution in [0.15, 0.2) is 30.3 Å². The number of aromatic amines is 1. The van der Waals surface area contributed by atoms with Gasteiger partial charge in [0.05, 0.1) is 17.7 Å². The van der Waals surface area contributed by atoms with E-state index in [1.54, 1.807) is 6.07 Å². The average Bonchev–Trinajstić information content (AvgIpc) is 3.43. The van der Waals surface area contributed by atoms with Crippen LogP contribution in [0, 0.1) is 11.3 Å². The van der Waals surface area contributed by atoms with Gasteiger partial charge in [0.15, 0.2) is 0 Å². The van der Waals surface area contributed by atoms with Crippen molar-refractivity contribution >= 4 is 22.5 Å². The third kappa shape index (κ3) is 3.74. The van der Waals surface area contributed by atoms with Crippen LogP contribution in [0.4, 0.5) is 5.69 Å². The normalized spacial score (nSPS) is 13.2. The van der Waals surface area contributed by atoms with Crippen molar-refractivity contribution in [3.63, 3.8) is 0 Å². The maximum absolute atomic E-state index is 12.7. The number of hydrogen-bond acceptors (Lipinski definition) is 5. The summed E-state index contributed by atoms with van der Waals surface area (Å²) in [6, 6.07) is 11.8. The second-order valence-corrected chi connectivity index (χ2v) is 7.42. The van der Waals surface area contributed by atoms with Crippen LogP contribution >= 0.6 is 0 Å². The Bertz CT molecular complexity index is 1120. The lowest BCUT2D eigenvalue weighted by Crippen LogP contribution is -2.25. The molecule has 1 aromatic heterocycles. The number of anilines is 1. The minimum absolute atomic E-state index is 0.0703. The van der Waals surface area contributed by atoms with E-state index < -0.39 is 0 Å².